The van der Waals surface area contributed by atoms with Gasteiger partial charge >= 0.3 is 6.18 Å². The van der Waals surface area contributed by atoms with Gasteiger partial charge in [-0.25, -0.2) is 8.42 Å². The van der Waals surface area contributed by atoms with E-state index < -0.39 is 38.6 Å². The van der Waals surface area contributed by atoms with Crippen LogP contribution >= 0.6 is 0 Å². The number of amides is 1. The van der Waals surface area contributed by atoms with E-state index >= 15 is 0 Å². The van der Waals surface area contributed by atoms with Gasteiger partial charge in [0, 0.05) is 13.1 Å². The topological polar surface area (TPSA) is 66.5 Å². The first kappa shape index (κ1) is 19.7. The van der Waals surface area contributed by atoms with Crippen LogP contribution < -0.4 is 4.72 Å². The second-order valence-corrected chi connectivity index (χ2v) is 7.76. The van der Waals surface area contributed by atoms with Crippen LogP contribution in [0.5, 0.6) is 0 Å². The summed E-state index contributed by atoms with van der Waals surface area (Å²) >= 11 is 0. The average molecular weight is 378 g/mol. The second-order valence-electron chi connectivity index (χ2n) is 6.08. The number of sulfonamides is 1. The van der Waals surface area contributed by atoms with Gasteiger partial charge in [-0.1, -0.05) is 25.0 Å². The predicted octanol–water partition coefficient (Wildman–Crippen LogP) is 2.77. The van der Waals surface area contributed by atoms with Crippen molar-refractivity contribution in [2.75, 3.05) is 13.1 Å². The van der Waals surface area contributed by atoms with Gasteiger partial charge in [-0.2, -0.15) is 17.9 Å². The molecule has 140 valence electrons. The van der Waals surface area contributed by atoms with Crippen molar-refractivity contribution in [3.8, 4) is 0 Å². The van der Waals surface area contributed by atoms with Crippen LogP contribution in [0.4, 0.5) is 13.2 Å². The van der Waals surface area contributed by atoms with Crippen LogP contribution in [0, 0.1) is 0 Å². The summed E-state index contributed by atoms with van der Waals surface area (Å²) in [6.45, 7) is 2.41. The fourth-order valence-electron chi connectivity index (χ4n) is 2.85. The highest BCUT2D eigenvalue weighted by Gasteiger charge is 2.37. The van der Waals surface area contributed by atoms with Crippen LogP contribution in [0.15, 0.2) is 29.2 Å². The standard InChI is InChI=1S/C16H21F3N2O3S/c1-12(15(22)21-10-6-2-3-7-11-21)20-25(23,24)14-9-5-4-8-13(14)16(17,18)19/h4-5,8-9,12,20H,2-3,6-7,10-11H2,1H3/t12-/m0/s1. The van der Waals surface area contributed by atoms with Gasteiger partial charge in [-0.05, 0) is 31.9 Å². The summed E-state index contributed by atoms with van der Waals surface area (Å²) in [5.41, 5.74) is -1.25. The van der Waals surface area contributed by atoms with Crippen molar-refractivity contribution in [3.63, 3.8) is 0 Å². The lowest BCUT2D eigenvalue weighted by molar-refractivity contribution is -0.139. The van der Waals surface area contributed by atoms with Gasteiger partial charge in [0.2, 0.25) is 15.9 Å². The molecular formula is C16H21F3N2O3S. The minimum absolute atomic E-state index is 0.421. The number of benzene rings is 1. The largest absolute Gasteiger partial charge is 0.417 e. The summed E-state index contributed by atoms with van der Waals surface area (Å²) in [6, 6.07) is 2.78. The molecule has 1 fully saturated rings. The van der Waals surface area contributed by atoms with Gasteiger partial charge < -0.3 is 4.90 Å². The Morgan fingerprint density at radius 1 is 1.12 bits per heavy atom. The maximum Gasteiger partial charge on any atom is 0.417 e. The molecule has 0 aliphatic carbocycles. The summed E-state index contributed by atoms with van der Waals surface area (Å²) in [7, 11) is -4.48. The number of likely N-dealkylation sites (tertiary alicyclic amines) is 1. The first-order valence-corrected chi connectivity index (χ1v) is 9.58. The summed E-state index contributed by atoms with van der Waals surface area (Å²) < 4.78 is 66.0. The van der Waals surface area contributed by atoms with Gasteiger partial charge in [0.1, 0.15) is 0 Å². The van der Waals surface area contributed by atoms with E-state index in [9.17, 15) is 26.4 Å². The Bertz CT molecular complexity index is 712. The lowest BCUT2D eigenvalue weighted by Gasteiger charge is -2.25. The van der Waals surface area contributed by atoms with Crippen LogP contribution in [-0.2, 0) is 21.0 Å². The molecule has 1 saturated heterocycles. The molecule has 1 aliphatic heterocycles. The highest BCUT2D eigenvalue weighted by Crippen LogP contribution is 2.33. The van der Waals surface area contributed by atoms with E-state index in [0.29, 0.717) is 19.2 Å². The third kappa shape index (κ3) is 4.94. The van der Waals surface area contributed by atoms with Crippen molar-refractivity contribution in [2.24, 2.45) is 0 Å². The molecule has 0 radical (unpaired) electrons. The van der Waals surface area contributed by atoms with Crippen molar-refractivity contribution in [1.29, 1.82) is 0 Å². The highest BCUT2D eigenvalue weighted by atomic mass is 32.2. The first-order valence-electron chi connectivity index (χ1n) is 8.10. The van der Waals surface area contributed by atoms with E-state index in [2.05, 4.69) is 4.72 Å². The molecule has 0 saturated carbocycles. The molecule has 1 N–H and O–H groups in total. The number of hydrogen-bond donors (Lipinski definition) is 1. The summed E-state index contributed by atoms with van der Waals surface area (Å²) in [5.74, 6) is -0.421. The van der Waals surface area contributed by atoms with Gasteiger partial charge in [-0.15, -0.1) is 0 Å². The Kier molecular flexibility index (Phi) is 6.10. The molecule has 0 unspecified atom stereocenters. The van der Waals surface area contributed by atoms with Crippen molar-refractivity contribution in [3.05, 3.63) is 29.8 Å². The smallest absolute Gasteiger partial charge is 0.341 e. The lowest BCUT2D eigenvalue weighted by Crippen LogP contribution is -2.47. The van der Waals surface area contributed by atoms with E-state index in [1.165, 1.54) is 13.0 Å². The number of nitrogens with zero attached hydrogens (tertiary/aromatic N) is 1. The summed E-state index contributed by atoms with van der Waals surface area (Å²) in [6.07, 6.45) is -1.13. The van der Waals surface area contributed by atoms with E-state index in [-0.39, 0.29) is 0 Å². The summed E-state index contributed by atoms with van der Waals surface area (Å²) in [5, 5.41) is 0. The Hall–Kier alpha value is -1.61. The van der Waals surface area contributed by atoms with E-state index in [4.69, 9.17) is 0 Å². The number of carbonyl (C=O) groups excluding carboxylic acids is 1. The molecule has 2 rings (SSSR count). The molecule has 0 spiro atoms. The van der Waals surface area contributed by atoms with Gasteiger partial charge in [0.25, 0.3) is 0 Å². The Morgan fingerprint density at radius 3 is 2.24 bits per heavy atom. The third-order valence-electron chi connectivity index (χ3n) is 4.10. The fourth-order valence-corrected chi connectivity index (χ4v) is 4.27. The molecule has 1 amide bonds. The zero-order valence-electron chi connectivity index (χ0n) is 13.8. The van der Waals surface area contributed by atoms with Crippen LogP contribution in [0.2, 0.25) is 0 Å². The first-order chi connectivity index (χ1) is 11.6. The third-order valence-corrected chi connectivity index (χ3v) is 5.70. The molecular weight excluding hydrogens is 357 g/mol. The molecule has 0 bridgehead atoms. The second kappa shape index (κ2) is 7.74. The lowest BCUT2D eigenvalue weighted by atomic mass is 10.2. The zero-order valence-corrected chi connectivity index (χ0v) is 14.7. The van der Waals surface area contributed by atoms with Crippen LogP contribution in [0.3, 0.4) is 0 Å². The van der Waals surface area contributed by atoms with Crippen molar-refractivity contribution in [1.82, 2.24) is 9.62 Å². The summed E-state index contributed by atoms with van der Waals surface area (Å²) in [4.78, 5) is 13.1. The number of alkyl halides is 3. The van der Waals surface area contributed by atoms with Crippen molar-refractivity contribution in [2.45, 2.75) is 49.7 Å². The van der Waals surface area contributed by atoms with Crippen molar-refractivity contribution < 1.29 is 26.4 Å². The maximum atomic E-state index is 13.0. The molecule has 1 atom stereocenters. The van der Waals surface area contributed by atoms with E-state index in [1.807, 2.05) is 0 Å². The number of halogens is 3. The Morgan fingerprint density at radius 2 is 1.68 bits per heavy atom. The average Bonchev–Trinajstić information content (AvgIpc) is 2.82. The van der Waals surface area contributed by atoms with Crippen LogP contribution in [0.25, 0.3) is 0 Å². The van der Waals surface area contributed by atoms with Crippen LogP contribution in [0.1, 0.15) is 38.2 Å². The minimum Gasteiger partial charge on any atom is -0.341 e. The number of nitrogens with one attached hydrogen (secondary N) is 1. The highest BCUT2D eigenvalue weighted by molar-refractivity contribution is 7.89. The Labute approximate surface area is 145 Å². The molecule has 9 heteroatoms. The zero-order chi connectivity index (χ0) is 18.7. The molecule has 1 heterocycles. The number of rotatable bonds is 4. The molecule has 5 nitrogen and oxygen atoms in total. The van der Waals surface area contributed by atoms with Crippen LogP contribution in [-0.4, -0.2) is 38.4 Å². The molecule has 1 aromatic rings. The van der Waals surface area contributed by atoms with Crippen molar-refractivity contribution >= 4 is 15.9 Å². The van der Waals surface area contributed by atoms with E-state index in [1.54, 1.807) is 4.90 Å². The van der Waals surface area contributed by atoms with Gasteiger partial charge in [0.05, 0.1) is 16.5 Å². The Balaban J connectivity index is 2.19. The molecule has 1 aliphatic rings. The fraction of sp³-hybridized carbons (Fsp3) is 0.562. The van der Waals surface area contributed by atoms with Gasteiger partial charge in [-0.3, -0.25) is 4.79 Å². The predicted molar refractivity (Wildman–Crippen MR) is 86.3 cm³/mol. The SMILES string of the molecule is C[C@H](NS(=O)(=O)c1ccccc1C(F)(F)F)C(=O)N1CCCCCC1. The molecule has 0 aromatic heterocycles. The normalized spacial score (nSPS) is 17.8. The monoisotopic (exact) mass is 378 g/mol. The van der Waals surface area contributed by atoms with Gasteiger partial charge in [0.15, 0.2) is 0 Å². The quantitative estimate of drug-likeness (QED) is 0.876. The maximum absolute atomic E-state index is 13.0. The van der Waals surface area contributed by atoms with E-state index in [0.717, 1.165) is 37.8 Å². The molecule has 1 aromatic carbocycles. The number of hydrogen-bond acceptors (Lipinski definition) is 3. The number of carbonyl (C=O) groups is 1. The minimum atomic E-state index is -4.80. The molecule has 25 heavy (non-hydrogen) atoms.